The first-order valence-electron chi connectivity index (χ1n) is 8.78. The van der Waals surface area contributed by atoms with E-state index >= 15 is 0 Å². The lowest BCUT2D eigenvalue weighted by Gasteiger charge is -2.38. The molecule has 1 aromatic carbocycles. The lowest BCUT2D eigenvalue weighted by Crippen LogP contribution is -2.36. The van der Waals surface area contributed by atoms with E-state index in [2.05, 4.69) is 41.2 Å². The summed E-state index contributed by atoms with van der Waals surface area (Å²) in [6.45, 7) is 6.08. The zero-order chi connectivity index (χ0) is 19.9. The molecular formula is C21H23BrN2O3. The van der Waals surface area contributed by atoms with Gasteiger partial charge in [-0.1, -0.05) is 13.8 Å². The first kappa shape index (κ1) is 19.5. The zero-order valence-electron chi connectivity index (χ0n) is 16.2. The minimum atomic E-state index is -0.411. The van der Waals surface area contributed by atoms with Crippen molar-refractivity contribution in [2.45, 2.75) is 39.5 Å². The Kier molecular flexibility index (Phi) is 5.09. The van der Waals surface area contributed by atoms with E-state index in [1.54, 1.807) is 14.2 Å². The summed E-state index contributed by atoms with van der Waals surface area (Å²) in [6, 6.07) is 6.06. The van der Waals surface area contributed by atoms with Gasteiger partial charge in [-0.3, -0.25) is 4.79 Å². The van der Waals surface area contributed by atoms with Crippen LogP contribution in [0.1, 0.15) is 45.1 Å². The largest absolute Gasteiger partial charge is 0.493 e. The average Bonchev–Trinajstić information content (AvgIpc) is 2.58. The first-order valence-corrected chi connectivity index (χ1v) is 9.57. The fourth-order valence-corrected chi connectivity index (χ4v) is 4.64. The highest BCUT2D eigenvalue weighted by Crippen LogP contribution is 2.48. The number of dihydropyridines is 1. The van der Waals surface area contributed by atoms with Crippen molar-refractivity contribution in [1.82, 2.24) is 5.32 Å². The SMILES string of the molecule is COc1cc(C2C(C#N)=C(C)NC3=C2C(=O)CC(C)(C)C3)cc(Br)c1OC. The van der Waals surface area contributed by atoms with Crippen molar-refractivity contribution >= 4 is 21.7 Å². The molecular weight excluding hydrogens is 408 g/mol. The Balaban J connectivity index is 2.23. The molecule has 0 radical (unpaired) electrons. The van der Waals surface area contributed by atoms with Crippen LogP contribution in [0.15, 0.2) is 39.1 Å². The molecule has 3 rings (SSSR count). The van der Waals surface area contributed by atoms with Gasteiger partial charge in [-0.25, -0.2) is 0 Å². The molecule has 0 amide bonds. The van der Waals surface area contributed by atoms with Crippen molar-refractivity contribution in [2.24, 2.45) is 5.41 Å². The predicted octanol–water partition coefficient (Wildman–Crippen LogP) is 4.59. The summed E-state index contributed by atoms with van der Waals surface area (Å²) >= 11 is 3.52. The van der Waals surface area contributed by atoms with Crippen molar-refractivity contribution in [3.63, 3.8) is 0 Å². The van der Waals surface area contributed by atoms with E-state index < -0.39 is 5.92 Å². The minimum absolute atomic E-state index is 0.0879. The molecule has 142 valence electrons. The van der Waals surface area contributed by atoms with Crippen LogP contribution in [0.4, 0.5) is 0 Å². The molecule has 1 atom stereocenters. The number of hydrogen-bond acceptors (Lipinski definition) is 5. The molecule has 2 aliphatic rings. The van der Waals surface area contributed by atoms with Crippen LogP contribution in [0.3, 0.4) is 0 Å². The number of ketones is 1. The molecule has 0 saturated heterocycles. The number of methoxy groups -OCH3 is 2. The standard InChI is InChI=1S/C21H23BrN2O3/c1-11-13(10-23)18(12-6-14(22)20(27-5)17(7-12)26-4)19-15(24-11)8-21(2,3)9-16(19)25/h6-7,18,24H,8-9H2,1-5H3. The van der Waals surface area contributed by atoms with E-state index in [0.29, 0.717) is 29.1 Å². The third-order valence-electron chi connectivity index (χ3n) is 5.15. The molecule has 1 aromatic rings. The number of nitriles is 1. The number of ether oxygens (including phenoxy) is 2. The fraction of sp³-hybridized carbons (Fsp3) is 0.429. The van der Waals surface area contributed by atoms with Crippen molar-refractivity contribution in [2.75, 3.05) is 14.2 Å². The summed E-state index contributed by atoms with van der Waals surface area (Å²) in [5.41, 5.74) is 3.69. The third kappa shape index (κ3) is 3.37. The minimum Gasteiger partial charge on any atom is -0.493 e. The molecule has 0 spiro atoms. The fourth-order valence-electron chi connectivity index (χ4n) is 4.02. The van der Waals surface area contributed by atoms with Crippen LogP contribution in [-0.4, -0.2) is 20.0 Å². The normalized spacial score (nSPS) is 21.4. The van der Waals surface area contributed by atoms with Crippen LogP contribution < -0.4 is 14.8 Å². The monoisotopic (exact) mass is 430 g/mol. The maximum absolute atomic E-state index is 13.1. The Morgan fingerprint density at radius 1 is 1.26 bits per heavy atom. The summed E-state index contributed by atoms with van der Waals surface area (Å²) < 4.78 is 11.6. The van der Waals surface area contributed by atoms with Gasteiger partial charge in [-0.2, -0.15) is 5.26 Å². The van der Waals surface area contributed by atoms with Gasteiger partial charge in [0.2, 0.25) is 0 Å². The van der Waals surface area contributed by atoms with Gasteiger partial charge in [-0.05, 0) is 52.4 Å². The highest BCUT2D eigenvalue weighted by Gasteiger charge is 2.41. The van der Waals surface area contributed by atoms with Crippen molar-refractivity contribution < 1.29 is 14.3 Å². The Hall–Kier alpha value is -2.26. The van der Waals surface area contributed by atoms with Crippen LogP contribution >= 0.6 is 15.9 Å². The van der Waals surface area contributed by atoms with E-state index in [4.69, 9.17) is 9.47 Å². The Morgan fingerprint density at radius 2 is 1.96 bits per heavy atom. The maximum atomic E-state index is 13.1. The molecule has 6 heteroatoms. The molecule has 0 saturated carbocycles. The van der Waals surface area contributed by atoms with Gasteiger partial charge in [0.25, 0.3) is 0 Å². The van der Waals surface area contributed by atoms with Crippen LogP contribution in [-0.2, 0) is 4.79 Å². The second-order valence-electron chi connectivity index (χ2n) is 7.78. The van der Waals surface area contributed by atoms with E-state index in [-0.39, 0.29) is 11.2 Å². The van der Waals surface area contributed by atoms with Crippen molar-refractivity contribution in [3.8, 4) is 17.6 Å². The molecule has 27 heavy (non-hydrogen) atoms. The number of Topliss-reactive ketones (excluding diaryl/α,β-unsaturated/α-hetero) is 1. The molecule has 0 fully saturated rings. The second kappa shape index (κ2) is 7.05. The predicted molar refractivity (Wildman–Crippen MR) is 106 cm³/mol. The van der Waals surface area contributed by atoms with E-state index in [9.17, 15) is 10.1 Å². The Bertz CT molecular complexity index is 922. The highest BCUT2D eigenvalue weighted by molar-refractivity contribution is 9.10. The lowest BCUT2D eigenvalue weighted by atomic mass is 9.69. The lowest BCUT2D eigenvalue weighted by molar-refractivity contribution is -0.118. The van der Waals surface area contributed by atoms with E-state index in [0.717, 1.165) is 27.9 Å². The molecule has 0 aromatic heterocycles. The Labute approximate surface area is 168 Å². The van der Waals surface area contributed by atoms with Crippen LogP contribution in [0.2, 0.25) is 0 Å². The number of halogens is 1. The van der Waals surface area contributed by atoms with Crippen molar-refractivity contribution in [3.05, 3.63) is 44.7 Å². The summed E-state index contributed by atoms with van der Waals surface area (Å²) in [5, 5.41) is 13.1. The van der Waals surface area contributed by atoms with Crippen LogP contribution in [0.5, 0.6) is 11.5 Å². The number of hydrogen-bond donors (Lipinski definition) is 1. The first-order chi connectivity index (χ1) is 12.7. The second-order valence-corrected chi connectivity index (χ2v) is 8.63. The van der Waals surface area contributed by atoms with Crippen LogP contribution in [0, 0.1) is 16.7 Å². The number of benzene rings is 1. The third-order valence-corrected chi connectivity index (χ3v) is 5.74. The van der Waals surface area contributed by atoms with Gasteiger partial charge in [0, 0.05) is 23.4 Å². The molecule has 1 N–H and O–H groups in total. The topological polar surface area (TPSA) is 71.3 Å². The van der Waals surface area contributed by atoms with Gasteiger partial charge in [0.15, 0.2) is 17.3 Å². The van der Waals surface area contributed by atoms with Gasteiger partial charge in [0.1, 0.15) is 0 Å². The Morgan fingerprint density at radius 3 is 2.56 bits per heavy atom. The number of carbonyl (C=O) groups excluding carboxylic acids is 1. The number of allylic oxidation sites excluding steroid dienone is 4. The van der Waals surface area contributed by atoms with E-state index in [1.165, 1.54) is 0 Å². The van der Waals surface area contributed by atoms with Gasteiger partial charge >= 0.3 is 0 Å². The van der Waals surface area contributed by atoms with Crippen LogP contribution in [0.25, 0.3) is 0 Å². The molecule has 1 aliphatic carbocycles. The zero-order valence-corrected chi connectivity index (χ0v) is 17.8. The van der Waals surface area contributed by atoms with E-state index in [1.807, 2.05) is 19.1 Å². The highest BCUT2D eigenvalue weighted by atomic mass is 79.9. The molecule has 1 unspecified atom stereocenters. The molecule has 0 bridgehead atoms. The number of nitrogens with zero attached hydrogens (tertiary/aromatic N) is 1. The maximum Gasteiger partial charge on any atom is 0.174 e. The average molecular weight is 431 g/mol. The number of nitrogens with one attached hydrogen (secondary N) is 1. The summed E-state index contributed by atoms with van der Waals surface area (Å²) in [6.07, 6.45) is 1.24. The molecule has 1 heterocycles. The summed E-state index contributed by atoms with van der Waals surface area (Å²) in [5.74, 6) is 0.816. The number of carbonyl (C=O) groups is 1. The molecule has 5 nitrogen and oxygen atoms in total. The quantitative estimate of drug-likeness (QED) is 0.758. The summed E-state index contributed by atoms with van der Waals surface area (Å²) in [7, 11) is 3.15. The molecule has 1 aliphatic heterocycles. The van der Waals surface area contributed by atoms with Crippen molar-refractivity contribution in [1.29, 1.82) is 5.26 Å². The number of rotatable bonds is 3. The summed E-state index contributed by atoms with van der Waals surface area (Å²) in [4.78, 5) is 13.1. The van der Waals surface area contributed by atoms with Gasteiger partial charge in [-0.15, -0.1) is 0 Å². The van der Waals surface area contributed by atoms with Gasteiger partial charge in [0.05, 0.1) is 36.3 Å². The van der Waals surface area contributed by atoms with Gasteiger partial charge < -0.3 is 14.8 Å². The smallest absolute Gasteiger partial charge is 0.174 e.